The molecular formula is C13H21N3O. The lowest BCUT2D eigenvalue weighted by Gasteiger charge is -2.20. The highest BCUT2D eigenvalue weighted by molar-refractivity contribution is 5.36. The Morgan fingerprint density at radius 2 is 2.47 bits per heavy atom. The van der Waals surface area contributed by atoms with Crippen LogP contribution in [0.25, 0.3) is 0 Å². The van der Waals surface area contributed by atoms with E-state index in [1.807, 2.05) is 13.2 Å². The molecule has 0 amide bonds. The molecule has 1 aromatic heterocycles. The number of nitrogens with zero attached hydrogens (tertiary/aromatic N) is 2. The smallest absolute Gasteiger partial charge is 0.125 e. The van der Waals surface area contributed by atoms with Gasteiger partial charge in [0.1, 0.15) is 5.82 Å². The Balaban J connectivity index is 1.85. The van der Waals surface area contributed by atoms with E-state index in [4.69, 9.17) is 4.74 Å². The van der Waals surface area contributed by atoms with Gasteiger partial charge in [0, 0.05) is 32.9 Å². The van der Waals surface area contributed by atoms with E-state index in [9.17, 15) is 0 Å². The maximum atomic E-state index is 5.64. The average molecular weight is 235 g/mol. The first-order chi connectivity index (χ1) is 8.28. The van der Waals surface area contributed by atoms with Gasteiger partial charge in [-0.2, -0.15) is 0 Å². The number of ether oxygens (including phenoxy) is 1. The molecule has 0 saturated carbocycles. The van der Waals surface area contributed by atoms with Crippen LogP contribution in [0.2, 0.25) is 0 Å². The fraction of sp³-hybridized carbons (Fsp3) is 0.615. The van der Waals surface area contributed by atoms with E-state index in [1.165, 1.54) is 18.4 Å². The molecule has 1 aromatic rings. The van der Waals surface area contributed by atoms with Crippen molar-refractivity contribution in [2.45, 2.75) is 25.5 Å². The maximum absolute atomic E-state index is 5.64. The summed E-state index contributed by atoms with van der Waals surface area (Å²) in [5, 5.41) is 3.06. The molecule has 2 heterocycles. The number of likely N-dealkylation sites (N-methyl/N-ethyl adjacent to an activating group) is 1. The van der Waals surface area contributed by atoms with E-state index in [1.54, 1.807) is 0 Å². The molecule has 94 valence electrons. The lowest BCUT2D eigenvalue weighted by Crippen LogP contribution is -2.28. The molecule has 17 heavy (non-hydrogen) atoms. The van der Waals surface area contributed by atoms with Gasteiger partial charge >= 0.3 is 0 Å². The molecule has 1 aliphatic rings. The summed E-state index contributed by atoms with van der Waals surface area (Å²) in [7, 11) is 4.03. The van der Waals surface area contributed by atoms with Crippen LogP contribution in [0.5, 0.6) is 0 Å². The van der Waals surface area contributed by atoms with E-state index in [0.717, 1.165) is 25.5 Å². The van der Waals surface area contributed by atoms with Crippen LogP contribution in [-0.2, 0) is 11.3 Å². The molecule has 1 N–H and O–H groups in total. The van der Waals surface area contributed by atoms with Crippen LogP contribution in [0.3, 0.4) is 0 Å². The lowest BCUT2D eigenvalue weighted by atomic mass is 10.2. The standard InChI is InChI=1S/C13H21N3O/c1-14-13-8-11(5-6-15-13)9-16(2)10-12-4-3-7-17-12/h5-6,8,12H,3-4,7,9-10H2,1-2H3,(H,14,15). The van der Waals surface area contributed by atoms with E-state index in [2.05, 4.69) is 34.4 Å². The monoisotopic (exact) mass is 235 g/mol. The van der Waals surface area contributed by atoms with Gasteiger partial charge in [0.25, 0.3) is 0 Å². The molecule has 4 nitrogen and oxygen atoms in total. The van der Waals surface area contributed by atoms with Crippen molar-refractivity contribution in [1.29, 1.82) is 0 Å². The first-order valence-electron chi connectivity index (χ1n) is 6.21. The lowest BCUT2D eigenvalue weighted by molar-refractivity contribution is 0.0793. The zero-order valence-electron chi connectivity index (χ0n) is 10.6. The van der Waals surface area contributed by atoms with Gasteiger partial charge in [0.05, 0.1) is 6.10 Å². The normalized spacial score (nSPS) is 19.8. The summed E-state index contributed by atoms with van der Waals surface area (Å²) >= 11 is 0. The van der Waals surface area contributed by atoms with Crippen molar-refractivity contribution >= 4 is 5.82 Å². The minimum Gasteiger partial charge on any atom is -0.377 e. The van der Waals surface area contributed by atoms with Crippen molar-refractivity contribution in [3.8, 4) is 0 Å². The number of hydrogen-bond acceptors (Lipinski definition) is 4. The quantitative estimate of drug-likeness (QED) is 0.843. The highest BCUT2D eigenvalue weighted by Gasteiger charge is 2.17. The number of anilines is 1. The maximum Gasteiger partial charge on any atom is 0.125 e. The van der Waals surface area contributed by atoms with E-state index in [0.29, 0.717) is 6.10 Å². The Bertz CT molecular complexity index is 350. The zero-order valence-corrected chi connectivity index (χ0v) is 10.6. The van der Waals surface area contributed by atoms with Crippen LogP contribution >= 0.6 is 0 Å². The molecular weight excluding hydrogens is 214 g/mol. The number of pyridine rings is 1. The van der Waals surface area contributed by atoms with Gasteiger partial charge in [-0.15, -0.1) is 0 Å². The highest BCUT2D eigenvalue weighted by atomic mass is 16.5. The molecule has 1 saturated heterocycles. The Labute approximate surface area is 103 Å². The second-order valence-corrected chi connectivity index (χ2v) is 4.63. The minimum atomic E-state index is 0.422. The van der Waals surface area contributed by atoms with Gasteiger partial charge in [-0.05, 0) is 37.6 Å². The third-order valence-electron chi connectivity index (χ3n) is 3.07. The second-order valence-electron chi connectivity index (χ2n) is 4.63. The molecule has 1 fully saturated rings. The Morgan fingerprint density at radius 3 is 3.18 bits per heavy atom. The third-order valence-corrected chi connectivity index (χ3v) is 3.07. The second kappa shape index (κ2) is 5.98. The molecule has 4 heteroatoms. The molecule has 1 atom stereocenters. The van der Waals surface area contributed by atoms with Gasteiger partial charge in [0.15, 0.2) is 0 Å². The van der Waals surface area contributed by atoms with Gasteiger partial charge in [-0.3, -0.25) is 4.90 Å². The summed E-state index contributed by atoms with van der Waals surface area (Å²) in [6.07, 6.45) is 4.67. The Morgan fingerprint density at radius 1 is 1.59 bits per heavy atom. The molecule has 2 rings (SSSR count). The third kappa shape index (κ3) is 3.68. The molecule has 0 aliphatic carbocycles. The predicted octanol–water partition coefficient (Wildman–Crippen LogP) is 1.73. The predicted molar refractivity (Wildman–Crippen MR) is 69.1 cm³/mol. The van der Waals surface area contributed by atoms with Crippen LogP contribution in [0.4, 0.5) is 5.82 Å². The fourth-order valence-electron chi connectivity index (χ4n) is 2.22. The summed E-state index contributed by atoms with van der Waals surface area (Å²) in [6, 6.07) is 4.15. The SMILES string of the molecule is CNc1cc(CN(C)CC2CCCO2)ccn1. The fourth-order valence-corrected chi connectivity index (χ4v) is 2.22. The van der Waals surface area contributed by atoms with Gasteiger partial charge in [-0.25, -0.2) is 4.98 Å². The number of rotatable bonds is 5. The van der Waals surface area contributed by atoms with Gasteiger partial charge in [-0.1, -0.05) is 0 Å². The highest BCUT2D eigenvalue weighted by Crippen LogP contribution is 2.14. The first-order valence-corrected chi connectivity index (χ1v) is 6.21. The van der Waals surface area contributed by atoms with E-state index >= 15 is 0 Å². The number of hydrogen-bond donors (Lipinski definition) is 1. The molecule has 0 spiro atoms. The summed E-state index contributed by atoms with van der Waals surface area (Å²) in [5.74, 6) is 0.924. The van der Waals surface area contributed by atoms with Crippen molar-refractivity contribution in [2.75, 3.05) is 32.6 Å². The van der Waals surface area contributed by atoms with E-state index < -0.39 is 0 Å². The summed E-state index contributed by atoms with van der Waals surface area (Å²) in [6.45, 7) is 2.88. The van der Waals surface area contributed by atoms with Crippen LogP contribution in [0, 0.1) is 0 Å². The average Bonchev–Trinajstić information content (AvgIpc) is 2.82. The van der Waals surface area contributed by atoms with Crippen LogP contribution in [-0.4, -0.2) is 43.2 Å². The summed E-state index contributed by atoms with van der Waals surface area (Å²) in [5.41, 5.74) is 1.28. The Kier molecular flexibility index (Phi) is 4.34. The Hall–Kier alpha value is -1.13. The number of aromatic nitrogens is 1. The van der Waals surface area contributed by atoms with Crippen LogP contribution in [0.1, 0.15) is 18.4 Å². The van der Waals surface area contributed by atoms with Crippen molar-refractivity contribution in [3.63, 3.8) is 0 Å². The first kappa shape index (κ1) is 12.3. The topological polar surface area (TPSA) is 37.4 Å². The zero-order chi connectivity index (χ0) is 12.1. The van der Waals surface area contributed by atoms with Crippen LogP contribution in [0.15, 0.2) is 18.3 Å². The van der Waals surface area contributed by atoms with Gasteiger partial charge in [0.2, 0.25) is 0 Å². The summed E-state index contributed by atoms with van der Waals surface area (Å²) < 4.78 is 5.64. The molecule has 1 unspecified atom stereocenters. The van der Waals surface area contributed by atoms with E-state index in [-0.39, 0.29) is 0 Å². The van der Waals surface area contributed by atoms with Crippen molar-refractivity contribution < 1.29 is 4.74 Å². The molecule has 0 radical (unpaired) electrons. The number of nitrogens with one attached hydrogen (secondary N) is 1. The van der Waals surface area contributed by atoms with Crippen molar-refractivity contribution in [2.24, 2.45) is 0 Å². The largest absolute Gasteiger partial charge is 0.377 e. The summed E-state index contributed by atoms with van der Waals surface area (Å²) in [4.78, 5) is 6.52. The van der Waals surface area contributed by atoms with Crippen molar-refractivity contribution in [1.82, 2.24) is 9.88 Å². The molecule has 0 aromatic carbocycles. The van der Waals surface area contributed by atoms with Crippen molar-refractivity contribution in [3.05, 3.63) is 23.9 Å². The minimum absolute atomic E-state index is 0.422. The molecule has 1 aliphatic heterocycles. The van der Waals surface area contributed by atoms with Gasteiger partial charge < -0.3 is 10.1 Å². The van der Waals surface area contributed by atoms with Crippen LogP contribution < -0.4 is 5.32 Å². The molecule has 0 bridgehead atoms.